The fourth-order valence-electron chi connectivity index (χ4n) is 3.89. The summed E-state index contributed by atoms with van der Waals surface area (Å²) in [6, 6.07) is 13.4. The van der Waals surface area contributed by atoms with Crippen molar-refractivity contribution >= 4 is 49.6 Å². The first kappa shape index (κ1) is 21.7. The zero-order valence-corrected chi connectivity index (χ0v) is 20.0. The number of aromatic nitrogens is 3. The average Bonchev–Trinajstić information content (AvgIpc) is 3.32. The maximum Gasteiger partial charge on any atom is 0.203 e. The molecule has 2 aromatic carbocycles. The van der Waals surface area contributed by atoms with Gasteiger partial charge in [-0.25, -0.2) is 9.97 Å². The number of pyridine rings is 1. The Hall–Kier alpha value is -4.11. The van der Waals surface area contributed by atoms with Gasteiger partial charge in [-0.05, 0) is 54.8 Å². The molecule has 5 aromatic rings. The molecule has 0 aliphatic rings. The Morgan fingerprint density at radius 3 is 2.32 bits per heavy atom. The summed E-state index contributed by atoms with van der Waals surface area (Å²) in [5.74, 6) is 2.81. The second kappa shape index (κ2) is 8.68. The number of nitrogens with zero attached hydrogens (tertiary/aromatic N) is 3. The van der Waals surface area contributed by atoms with Gasteiger partial charge in [-0.1, -0.05) is 0 Å². The van der Waals surface area contributed by atoms with Gasteiger partial charge in [-0.15, -0.1) is 11.3 Å². The Morgan fingerprint density at radius 2 is 1.62 bits per heavy atom. The first-order valence-corrected chi connectivity index (χ1v) is 11.4. The average molecular weight is 474 g/mol. The highest BCUT2D eigenvalue weighted by Crippen LogP contribution is 2.41. The molecule has 0 aliphatic carbocycles. The van der Waals surface area contributed by atoms with Gasteiger partial charge in [0.25, 0.3) is 0 Å². The number of aryl methyl sites for hydroxylation is 1. The van der Waals surface area contributed by atoms with Crippen molar-refractivity contribution < 1.29 is 14.2 Å². The molecule has 0 aliphatic heterocycles. The number of nitrogen functional groups attached to an aromatic ring is 1. The highest BCUT2D eigenvalue weighted by Gasteiger charge is 2.18. The molecule has 0 unspecified atom stereocenters. The number of thiophene rings is 1. The number of benzene rings is 2. The van der Waals surface area contributed by atoms with Crippen LogP contribution in [0.3, 0.4) is 0 Å². The van der Waals surface area contributed by atoms with Gasteiger partial charge in [-0.2, -0.15) is 0 Å². The maximum atomic E-state index is 6.25. The molecule has 0 bridgehead atoms. The molecule has 0 radical (unpaired) electrons. The highest BCUT2D eigenvalue weighted by molar-refractivity contribution is 7.16. The number of nitrogens with two attached hydrogens (primary N) is 1. The van der Waals surface area contributed by atoms with Gasteiger partial charge in [0.15, 0.2) is 17.3 Å². The predicted molar refractivity (Wildman–Crippen MR) is 137 cm³/mol. The zero-order chi connectivity index (χ0) is 23.8. The van der Waals surface area contributed by atoms with Crippen LogP contribution < -0.4 is 25.3 Å². The van der Waals surface area contributed by atoms with E-state index >= 15 is 0 Å². The van der Waals surface area contributed by atoms with E-state index in [9.17, 15) is 0 Å². The van der Waals surface area contributed by atoms with Crippen molar-refractivity contribution in [3.05, 3.63) is 53.5 Å². The van der Waals surface area contributed by atoms with Crippen LogP contribution in [0.25, 0.3) is 32.5 Å². The number of hydrogen-bond donors (Lipinski definition) is 2. The van der Waals surface area contributed by atoms with Gasteiger partial charge in [0.05, 0.1) is 32.2 Å². The Morgan fingerprint density at radius 1 is 0.853 bits per heavy atom. The molecule has 5 rings (SSSR count). The lowest BCUT2D eigenvalue weighted by atomic mass is 10.1. The second-order valence-corrected chi connectivity index (χ2v) is 8.55. The molecule has 0 saturated heterocycles. The summed E-state index contributed by atoms with van der Waals surface area (Å²) in [7, 11) is 4.74. The minimum absolute atomic E-state index is 0.516. The Balaban J connectivity index is 1.62. The van der Waals surface area contributed by atoms with Crippen molar-refractivity contribution in [3.63, 3.8) is 0 Å². The fraction of sp³-hybridized carbons (Fsp3) is 0.160. The van der Waals surface area contributed by atoms with Crippen molar-refractivity contribution in [2.24, 2.45) is 0 Å². The monoisotopic (exact) mass is 473 g/mol. The minimum Gasteiger partial charge on any atom is -0.493 e. The largest absolute Gasteiger partial charge is 0.493 e. The Kier molecular flexibility index (Phi) is 5.54. The summed E-state index contributed by atoms with van der Waals surface area (Å²) >= 11 is 1.55. The molecule has 0 saturated carbocycles. The number of ether oxygens (including phenoxy) is 3. The molecule has 0 spiro atoms. The second-order valence-electron chi connectivity index (χ2n) is 7.66. The van der Waals surface area contributed by atoms with E-state index in [1.807, 2.05) is 54.8 Å². The van der Waals surface area contributed by atoms with E-state index in [0.717, 1.165) is 38.1 Å². The normalized spacial score (nSPS) is 11.1. The maximum absolute atomic E-state index is 6.25. The Bertz CT molecular complexity index is 1510. The Labute approximate surface area is 200 Å². The summed E-state index contributed by atoms with van der Waals surface area (Å²) in [5, 5.41) is 7.25. The van der Waals surface area contributed by atoms with Crippen LogP contribution in [-0.4, -0.2) is 36.3 Å². The third kappa shape index (κ3) is 3.80. The summed E-state index contributed by atoms with van der Waals surface area (Å²) < 4.78 is 16.5. The predicted octanol–water partition coefficient (Wildman–Crippen LogP) is 5.57. The van der Waals surface area contributed by atoms with Gasteiger partial charge in [0.1, 0.15) is 10.6 Å². The van der Waals surface area contributed by atoms with Gasteiger partial charge >= 0.3 is 0 Å². The third-order valence-electron chi connectivity index (χ3n) is 5.48. The van der Waals surface area contributed by atoms with Crippen LogP contribution >= 0.6 is 11.3 Å². The standard InChI is InChI=1S/C25H23N5O3S/c1-13-9-18(26)17-12-15(5-6-19(17)27-13)28-24-16-7-8-34-25(16)30-23(29-24)14-10-20(31-2)22(33-4)21(11-14)32-3/h5-12H,1-4H3,(H2,26,27)(H,28,29,30). The zero-order valence-electron chi connectivity index (χ0n) is 19.2. The summed E-state index contributed by atoms with van der Waals surface area (Å²) in [5.41, 5.74) is 10.3. The van der Waals surface area contributed by atoms with Crippen LogP contribution in [0.5, 0.6) is 17.2 Å². The number of hydrogen-bond acceptors (Lipinski definition) is 9. The van der Waals surface area contributed by atoms with Gasteiger partial charge in [0.2, 0.25) is 5.75 Å². The van der Waals surface area contributed by atoms with Crippen LogP contribution in [0.4, 0.5) is 17.2 Å². The van der Waals surface area contributed by atoms with Crippen molar-refractivity contribution in [3.8, 4) is 28.6 Å². The van der Waals surface area contributed by atoms with E-state index in [1.165, 1.54) is 0 Å². The van der Waals surface area contributed by atoms with Crippen molar-refractivity contribution in [2.45, 2.75) is 6.92 Å². The first-order valence-electron chi connectivity index (χ1n) is 10.5. The van der Waals surface area contributed by atoms with E-state index in [2.05, 4.69) is 10.3 Å². The van der Waals surface area contributed by atoms with E-state index in [0.29, 0.717) is 34.6 Å². The molecule has 3 heterocycles. The van der Waals surface area contributed by atoms with Gasteiger partial charge in [0, 0.05) is 28.0 Å². The summed E-state index contributed by atoms with van der Waals surface area (Å²) in [6.07, 6.45) is 0. The van der Waals surface area contributed by atoms with Crippen LogP contribution in [0.15, 0.2) is 47.8 Å². The van der Waals surface area contributed by atoms with Gasteiger partial charge < -0.3 is 25.3 Å². The van der Waals surface area contributed by atoms with Crippen LogP contribution in [-0.2, 0) is 0 Å². The fourth-order valence-corrected chi connectivity index (χ4v) is 4.66. The van der Waals surface area contributed by atoms with E-state index in [1.54, 1.807) is 32.7 Å². The van der Waals surface area contributed by atoms with Crippen molar-refractivity contribution in [2.75, 3.05) is 32.4 Å². The number of nitrogens with one attached hydrogen (secondary N) is 1. The highest BCUT2D eigenvalue weighted by atomic mass is 32.1. The quantitative estimate of drug-likeness (QED) is 0.330. The molecule has 3 aromatic heterocycles. The topological polar surface area (TPSA) is 104 Å². The molecular formula is C25H23N5O3S. The number of anilines is 3. The van der Waals surface area contributed by atoms with Crippen molar-refractivity contribution in [1.29, 1.82) is 0 Å². The lowest BCUT2D eigenvalue weighted by Crippen LogP contribution is -2.00. The van der Waals surface area contributed by atoms with Gasteiger partial charge in [-0.3, -0.25) is 4.98 Å². The number of rotatable bonds is 6. The van der Waals surface area contributed by atoms with Crippen LogP contribution in [0.1, 0.15) is 5.69 Å². The summed E-state index contributed by atoms with van der Waals surface area (Å²) in [4.78, 5) is 15.0. The van der Waals surface area contributed by atoms with E-state index in [-0.39, 0.29) is 0 Å². The lowest BCUT2D eigenvalue weighted by Gasteiger charge is -2.14. The summed E-state index contributed by atoms with van der Waals surface area (Å²) in [6.45, 7) is 1.93. The molecule has 8 nitrogen and oxygen atoms in total. The molecular weight excluding hydrogens is 450 g/mol. The molecule has 0 amide bonds. The molecule has 34 heavy (non-hydrogen) atoms. The molecule has 9 heteroatoms. The molecule has 0 atom stereocenters. The molecule has 172 valence electrons. The van der Waals surface area contributed by atoms with E-state index in [4.69, 9.17) is 29.9 Å². The SMILES string of the molecule is COc1cc(-c2nc(Nc3ccc4nc(C)cc(N)c4c3)c3ccsc3n2)cc(OC)c1OC. The number of methoxy groups -OCH3 is 3. The van der Waals surface area contributed by atoms with E-state index < -0.39 is 0 Å². The third-order valence-corrected chi connectivity index (χ3v) is 6.29. The minimum atomic E-state index is 0.516. The smallest absolute Gasteiger partial charge is 0.203 e. The lowest BCUT2D eigenvalue weighted by molar-refractivity contribution is 0.324. The van der Waals surface area contributed by atoms with Crippen molar-refractivity contribution in [1.82, 2.24) is 15.0 Å². The molecule has 0 fully saturated rings. The van der Waals surface area contributed by atoms with Crippen LogP contribution in [0.2, 0.25) is 0 Å². The molecule has 3 N–H and O–H groups in total. The number of fused-ring (bicyclic) bond motifs is 2. The first-order chi connectivity index (χ1) is 16.5. The van der Waals surface area contributed by atoms with Crippen LogP contribution in [0, 0.1) is 6.92 Å².